The maximum absolute atomic E-state index is 11.1. The topological polar surface area (TPSA) is 66.3 Å². The monoisotopic (exact) mass is 257 g/mol. The van der Waals surface area contributed by atoms with Crippen molar-refractivity contribution in [3.05, 3.63) is 53.5 Å². The molecule has 1 heterocycles. The number of aromatic carboxylic acids is 1. The molecule has 0 fully saturated rings. The highest BCUT2D eigenvalue weighted by Crippen LogP contribution is 2.16. The molecule has 1 aromatic carbocycles. The Kier molecular flexibility index (Phi) is 3.75. The van der Waals surface area contributed by atoms with Crippen LogP contribution in [-0.2, 0) is 6.54 Å². The zero-order valence-electron chi connectivity index (χ0n) is 10.9. The van der Waals surface area contributed by atoms with E-state index in [4.69, 9.17) is 5.11 Å². The predicted octanol–water partition coefficient (Wildman–Crippen LogP) is 2.12. The molecule has 0 aliphatic carbocycles. The van der Waals surface area contributed by atoms with Gasteiger partial charge in [0.15, 0.2) is 11.5 Å². The number of carboxylic acid groups (broad SMARTS) is 1. The molecule has 0 radical (unpaired) electrons. The highest BCUT2D eigenvalue weighted by atomic mass is 16.4. The third kappa shape index (κ3) is 3.07. The van der Waals surface area contributed by atoms with Crippen LogP contribution in [0.5, 0.6) is 0 Å². The molecule has 0 aliphatic heterocycles. The summed E-state index contributed by atoms with van der Waals surface area (Å²) < 4.78 is 0. The fourth-order valence-corrected chi connectivity index (χ4v) is 1.92. The van der Waals surface area contributed by atoms with Crippen LogP contribution in [0.3, 0.4) is 0 Å². The van der Waals surface area contributed by atoms with Crippen LogP contribution < -0.4 is 4.90 Å². The first-order chi connectivity index (χ1) is 9.08. The summed E-state index contributed by atoms with van der Waals surface area (Å²) >= 11 is 0. The summed E-state index contributed by atoms with van der Waals surface area (Å²) in [4.78, 5) is 20.8. The molecule has 1 N–H and O–H groups in total. The summed E-state index contributed by atoms with van der Waals surface area (Å²) in [6.07, 6.45) is 2.88. The summed E-state index contributed by atoms with van der Waals surface area (Å²) in [7, 11) is 1.80. The third-order valence-corrected chi connectivity index (χ3v) is 2.75. The first-order valence-corrected chi connectivity index (χ1v) is 5.89. The van der Waals surface area contributed by atoms with Gasteiger partial charge in [0.2, 0.25) is 0 Å². The number of aryl methyl sites for hydroxylation is 1. The lowest BCUT2D eigenvalue weighted by Crippen LogP contribution is -2.21. The number of anilines is 1. The summed E-state index contributed by atoms with van der Waals surface area (Å²) in [5, 5.41) is 9.10. The normalized spacial score (nSPS) is 10.2. The van der Waals surface area contributed by atoms with Crippen LogP contribution in [0.4, 0.5) is 5.82 Å². The predicted molar refractivity (Wildman–Crippen MR) is 72.3 cm³/mol. The van der Waals surface area contributed by atoms with Crippen LogP contribution in [0.2, 0.25) is 0 Å². The molecule has 2 aromatic rings. The van der Waals surface area contributed by atoms with E-state index < -0.39 is 5.97 Å². The van der Waals surface area contributed by atoms with Crippen molar-refractivity contribution in [2.24, 2.45) is 0 Å². The van der Waals surface area contributed by atoms with Crippen LogP contribution in [0.15, 0.2) is 36.7 Å². The number of nitrogens with zero attached hydrogens (tertiary/aromatic N) is 3. The lowest BCUT2D eigenvalue weighted by atomic mass is 10.1. The molecule has 19 heavy (non-hydrogen) atoms. The van der Waals surface area contributed by atoms with Crippen LogP contribution in [0, 0.1) is 6.92 Å². The number of carboxylic acids is 1. The highest BCUT2D eigenvalue weighted by Gasteiger charge is 2.16. The Labute approximate surface area is 111 Å². The summed E-state index contributed by atoms with van der Waals surface area (Å²) in [6, 6.07) is 8.06. The van der Waals surface area contributed by atoms with E-state index in [2.05, 4.69) is 16.0 Å². The van der Waals surface area contributed by atoms with Gasteiger partial charge in [0.25, 0.3) is 0 Å². The van der Waals surface area contributed by atoms with E-state index >= 15 is 0 Å². The van der Waals surface area contributed by atoms with E-state index in [0.29, 0.717) is 12.4 Å². The minimum absolute atomic E-state index is 0.0300. The summed E-state index contributed by atoms with van der Waals surface area (Å²) in [5.41, 5.74) is 2.24. The first-order valence-electron chi connectivity index (χ1n) is 5.89. The van der Waals surface area contributed by atoms with Gasteiger partial charge < -0.3 is 10.0 Å². The Morgan fingerprint density at radius 1 is 1.32 bits per heavy atom. The zero-order valence-corrected chi connectivity index (χ0v) is 10.9. The van der Waals surface area contributed by atoms with Crippen LogP contribution in [0.25, 0.3) is 0 Å². The van der Waals surface area contributed by atoms with Crippen molar-refractivity contribution in [3.63, 3.8) is 0 Å². The molecule has 5 heteroatoms. The molecule has 0 atom stereocenters. The van der Waals surface area contributed by atoms with Gasteiger partial charge >= 0.3 is 5.97 Å². The van der Waals surface area contributed by atoms with Crippen molar-refractivity contribution in [1.29, 1.82) is 0 Å². The Morgan fingerprint density at radius 3 is 2.74 bits per heavy atom. The second-order valence-electron chi connectivity index (χ2n) is 4.38. The van der Waals surface area contributed by atoms with Crippen LogP contribution in [-0.4, -0.2) is 28.1 Å². The molecule has 98 valence electrons. The molecule has 0 unspecified atom stereocenters. The maximum atomic E-state index is 11.1. The second kappa shape index (κ2) is 5.48. The van der Waals surface area contributed by atoms with Gasteiger partial charge in [-0.05, 0) is 12.5 Å². The number of benzene rings is 1. The molecule has 0 saturated heterocycles. The first kappa shape index (κ1) is 13.0. The molecule has 0 spiro atoms. The van der Waals surface area contributed by atoms with Crippen molar-refractivity contribution < 1.29 is 9.90 Å². The lowest BCUT2D eigenvalue weighted by Gasteiger charge is -2.19. The molecule has 0 bridgehead atoms. The van der Waals surface area contributed by atoms with Crippen molar-refractivity contribution in [2.75, 3.05) is 11.9 Å². The van der Waals surface area contributed by atoms with Gasteiger partial charge in [0, 0.05) is 26.0 Å². The van der Waals surface area contributed by atoms with E-state index in [1.165, 1.54) is 18.0 Å². The van der Waals surface area contributed by atoms with Crippen molar-refractivity contribution >= 4 is 11.8 Å². The van der Waals surface area contributed by atoms with Crippen LogP contribution >= 0.6 is 0 Å². The molecule has 0 aliphatic rings. The van der Waals surface area contributed by atoms with Gasteiger partial charge in [-0.3, -0.25) is 0 Å². The van der Waals surface area contributed by atoms with Gasteiger partial charge in [0.05, 0.1) is 0 Å². The summed E-state index contributed by atoms with van der Waals surface area (Å²) in [6.45, 7) is 2.61. The molecule has 0 amide bonds. The minimum atomic E-state index is -1.07. The molecule has 5 nitrogen and oxygen atoms in total. The van der Waals surface area contributed by atoms with Gasteiger partial charge in [-0.25, -0.2) is 14.8 Å². The van der Waals surface area contributed by atoms with Gasteiger partial charge in [-0.1, -0.05) is 29.8 Å². The SMILES string of the molecule is Cc1cccc(CN(C)c2nccnc2C(=O)O)c1. The van der Waals surface area contributed by atoms with E-state index in [1.54, 1.807) is 11.9 Å². The molecular weight excluding hydrogens is 242 g/mol. The van der Waals surface area contributed by atoms with Crippen molar-refractivity contribution in [3.8, 4) is 0 Å². The smallest absolute Gasteiger partial charge is 0.358 e. The highest BCUT2D eigenvalue weighted by molar-refractivity contribution is 5.90. The van der Waals surface area contributed by atoms with Crippen molar-refractivity contribution in [2.45, 2.75) is 13.5 Å². The Bertz CT molecular complexity index is 599. The molecular formula is C14H15N3O2. The summed E-state index contributed by atoms with van der Waals surface area (Å²) in [5.74, 6) is -0.698. The van der Waals surface area contributed by atoms with Gasteiger partial charge in [-0.2, -0.15) is 0 Å². The van der Waals surface area contributed by atoms with Crippen LogP contribution in [0.1, 0.15) is 21.6 Å². The fourth-order valence-electron chi connectivity index (χ4n) is 1.92. The maximum Gasteiger partial charge on any atom is 0.358 e. The number of hydrogen-bond donors (Lipinski definition) is 1. The van der Waals surface area contributed by atoms with E-state index in [-0.39, 0.29) is 5.69 Å². The lowest BCUT2D eigenvalue weighted by molar-refractivity contribution is 0.0690. The molecule has 2 rings (SSSR count). The average Bonchev–Trinajstić information content (AvgIpc) is 2.38. The van der Waals surface area contributed by atoms with Gasteiger partial charge in [-0.15, -0.1) is 0 Å². The van der Waals surface area contributed by atoms with Crippen molar-refractivity contribution in [1.82, 2.24) is 9.97 Å². The minimum Gasteiger partial charge on any atom is -0.476 e. The number of rotatable bonds is 4. The standard InChI is InChI=1S/C14H15N3O2/c1-10-4-3-5-11(8-10)9-17(2)13-12(14(18)19)15-6-7-16-13/h3-8H,9H2,1-2H3,(H,18,19). The third-order valence-electron chi connectivity index (χ3n) is 2.75. The fraction of sp³-hybridized carbons (Fsp3) is 0.214. The second-order valence-corrected chi connectivity index (χ2v) is 4.38. The largest absolute Gasteiger partial charge is 0.476 e. The Hall–Kier alpha value is -2.43. The number of carbonyl (C=O) groups is 1. The van der Waals surface area contributed by atoms with E-state index in [9.17, 15) is 4.79 Å². The number of hydrogen-bond acceptors (Lipinski definition) is 4. The average molecular weight is 257 g/mol. The molecule has 0 saturated carbocycles. The Morgan fingerprint density at radius 2 is 2.05 bits per heavy atom. The van der Waals surface area contributed by atoms with Gasteiger partial charge in [0.1, 0.15) is 0 Å². The number of aromatic nitrogens is 2. The zero-order chi connectivity index (χ0) is 13.8. The quantitative estimate of drug-likeness (QED) is 0.908. The Balaban J connectivity index is 2.25. The van der Waals surface area contributed by atoms with E-state index in [1.807, 2.05) is 25.1 Å². The van der Waals surface area contributed by atoms with E-state index in [0.717, 1.165) is 5.56 Å². The molecule has 1 aromatic heterocycles.